The van der Waals surface area contributed by atoms with Gasteiger partial charge in [-0.3, -0.25) is 14.3 Å². The standard InChI is InChI=1S/C13H20IN2O4P/c1-21(2,3)7-5-8-11(18)10(14)12(20-8)16-6-4-9(17)15-13(16)19/h4,6,8,10-12,18H,1,5,7H2,2-3H3,(H,15,17,19)/t8-,10-,11-,12-/m1/s1. The van der Waals surface area contributed by atoms with Crippen molar-refractivity contribution in [1.82, 2.24) is 9.55 Å². The van der Waals surface area contributed by atoms with Gasteiger partial charge >= 0.3 is 5.69 Å². The fraction of sp³-hybridized carbons (Fsp3) is 0.615. The number of ether oxygens (including phenoxy) is 1. The van der Waals surface area contributed by atoms with E-state index >= 15 is 0 Å². The third kappa shape index (κ3) is 4.09. The van der Waals surface area contributed by atoms with Crippen molar-refractivity contribution in [2.24, 2.45) is 0 Å². The molecule has 8 heteroatoms. The topological polar surface area (TPSA) is 84.3 Å². The first-order valence-electron chi connectivity index (χ1n) is 6.65. The molecular formula is C13H20IN2O4P. The summed E-state index contributed by atoms with van der Waals surface area (Å²) in [5.41, 5.74) is -0.966. The van der Waals surface area contributed by atoms with Crippen LogP contribution in [0.3, 0.4) is 0 Å². The zero-order chi connectivity index (χ0) is 15.8. The zero-order valence-corrected chi connectivity index (χ0v) is 15.1. The van der Waals surface area contributed by atoms with Crippen LogP contribution >= 0.6 is 29.5 Å². The molecule has 2 N–H and O–H groups in total. The third-order valence-electron chi connectivity index (χ3n) is 3.44. The van der Waals surface area contributed by atoms with E-state index in [4.69, 9.17) is 4.74 Å². The summed E-state index contributed by atoms with van der Waals surface area (Å²) >= 11 is 2.09. The van der Waals surface area contributed by atoms with E-state index in [1.54, 1.807) is 0 Å². The molecule has 6 nitrogen and oxygen atoms in total. The van der Waals surface area contributed by atoms with Crippen molar-refractivity contribution in [3.05, 3.63) is 33.1 Å². The number of nitrogens with one attached hydrogen (secondary N) is 1. The van der Waals surface area contributed by atoms with Gasteiger partial charge in [0.15, 0.2) is 6.23 Å². The molecule has 0 aromatic carbocycles. The molecule has 1 aromatic heterocycles. The fourth-order valence-electron chi connectivity index (χ4n) is 2.27. The molecule has 1 fully saturated rings. The first-order chi connectivity index (χ1) is 9.69. The summed E-state index contributed by atoms with van der Waals surface area (Å²) in [6.07, 6.45) is 5.69. The molecule has 1 aliphatic heterocycles. The van der Waals surface area contributed by atoms with E-state index < -0.39 is 30.5 Å². The van der Waals surface area contributed by atoms with Gasteiger partial charge in [0.25, 0.3) is 5.56 Å². The van der Waals surface area contributed by atoms with E-state index in [9.17, 15) is 14.7 Å². The molecule has 0 aliphatic carbocycles. The van der Waals surface area contributed by atoms with E-state index in [2.05, 4.69) is 47.2 Å². The molecule has 2 rings (SSSR count). The minimum atomic E-state index is -1.18. The van der Waals surface area contributed by atoms with E-state index in [1.807, 2.05) is 0 Å². The molecule has 118 valence electrons. The number of alkyl halides is 1. The van der Waals surface area contributed by atoms with Gasteiger partial charge in [0, 0.05) is 12.3 Å². The first-order valence-corrected chi connectivity index (χ1v) is 11.0. The maximum atomic E-state index is 11.8. The second-order valence-corrected chi connectivity index (χ2v) is 11.7. The molecular weight excluding hydrogens is 406 g/mol. The van der Waals surface area contributed by atoms with Crippen molar-refractivity contribution >= 4 is 35.8 Å². The number of aliphatic hydroxyl groups is 1. The number of hydrogen-bond acceptors (Lipinski definition) is 4. The van der Waals surface area contributed by atoms with Crippen LogP contribution in [0.25, 0.3) is 0 Å². The summed E-state index contributed by atoms with van der Waals surface area (Å²) in [6, 6.07) is 1.28. The zero-order valence-electron chi connectivity index (χ0n) is 12.0. The number of aromatic amines is 1. The van der Waals surface area contributed by atoms with Crippen molar-refractivity contribution in [2.45, 2.75) is 28.8 Å². The number of aliphatic hydroxyl groups excluding tert-OH is 1. The number of nitrogens with zero attached hydrogens (tertiary/aromatic N) is 1. The normalized spacial score (nSPS) is 29.7. The Labute approximate surface area is 136 Å². The molecule has 4 atom stereocenters. The molecule has 0 saturated carbocycles. The molecule has 1 aliphatic rings. The smallest absolute Gasteiger partial charge is 0.330 e. The Morgan fingerprint density at radius 1 is 1.52 bits per heavy atom. The van der Waals surface area contributed by atoms with Gasteiger partial charge < -0.3 is 9.84 Å². The SMILES string of the molecule is C=P(C)(C)CC[C@H]1O[C@@H](n2ccc(=O)[nH]c2=O)[C@H](I)[C@@H]1O. The van der Waals surface area contributed by atoms with Gasteiger partial charge in [0.1, 0.15) is 0 Å². The predicted octanol–water partition coefficient (Wildman–Crippen LogP) is 0.698. The van der Waals surface area contributed by atoms with E-state index in [0.717, 1.165) is 12.6 Å². The Kier molecular flexibility index (Phi) is 5.18. The number of rotatable bonds is 4. The highest BCUT2D eigenvalue weighted by molar-refractivity contribution is 14.1. The lowest BCUT2D eigenvalue weighted by atomic mass is 10.1. The lowest BCUT2D eigenvalue weighted by Crippen LogP contribution is -2.35. The summed E-state index contributed by atoms with van der Waals surface area (Å²) in [5, 5.41) is 10.3. The predicted molar refractivity (Wildman–Crippen MR) is 94.4 cm³/mol. The highest BCUT2D eigenvalue weighted by Crippen LogP contribution is 2.40. The van der Waals surface area contributed by atoms with Gasteiger partial charge in [-0.05, 0) is 25.9 Å². The molecule has 0 bridgehead atoms. The third-order valence-corrected chi connectivity index (χ3v) is 6.26. The summed E-state index contributed by atoms with van der Waals surface area (Å²) in [7, 11) is 0. The maximum absolute atomic E-state index is 11.8. The van der Waals surface area contributed by atoms with Crippen molar-refractivity contribution in [3.8, 4) is 0 Å². The summed E-state index contributed by atoms with van der Waals surface area (Å²) in [5.74, 6) is 0. The number of H-pyrrole nitrogens is 1. The van der Waals surface area contributed by atoms with Crippen LogP contribution in [0.5, 0.6) is 0 Å². The molecule has 21 heavy (non-hydrogen) atoms. The monoisotopic (exact) mass is 426 g/mol. The van der Waals surface area contributed by atoms with Crippen LogP contribution in [0.2, 0.25) is 0 Å². The van der Waals surface area contributed by atoms with Gasteiger partial charge in [-0.25, -0.2) is 4.79 Å². The van der Waals surface area contributed by atoms with Crippen molar-refractivity contribution in [1.29, 1.82) is 0 Å². The van der Waals surface area contributed by atoms with Crippen LogP contribution in [0.4, 0.5) is 0 Å². The number of hydrogen-bond donors (Lipinski definition) is 2. The first kappa shape index (κ1) is 17.0. The number of halogens is 1. The van der Waals surface area contributed by atoms with E-state index in [0.29, 0.717) is 0 Å². The molecule has 1 saturated heterocycles. The molecule has 0 amide bonds. The van der Waals surface area contributed by atoms with Crippen LogP contribution in [0.15, 0.2) is 21.9 Å². The Balaban J connectivity index is 2.18. The molecule has 0 unspecified atom stereocenters. The Morgan fingerprint density at radius 2 is 2.19 bits per heavy atom. The Morgan fingerprint density at radius 3 is 2.76 bits per heavy atom. The summed E-state index contributed by atoms with van der Waals surface area (Å²) in [4.78, 5) is 25.2. The average Bonchev–Trinajstić information content (AvgIpc) is 2.64. The Bertz CT molecular complexity index is 665. The van der Waals surface area contributed by atoms with Crippen molar-refractivity contribution < 1.29 is 9.84 Å². The second kappa shape index (κ2) is 6.40. The van der Waals surface area contributed by atoms with Crippen LogP contribution in [-0.2, 0) is 4.74 Å². The average molecular weight is 426 g/mol. The molecule has 2 heterocycles. The maximum Gasteiger partial charge on any atom is 0.330 e. The summed E-state index contributed by atoms with van der Waals surface area (Å²) < 4.78 is 6.94. The molecule has 0 spiro atoms. The van der Waals surface area contributed by atoms with Crippen LogP contribution < -0.4 is 11.2 Å². The molecule has 1 aromatic rings. The van der Waals surface area contributed by atoms with Gasteiger partial charge in [-0.15, -0.1) is 13.2 Å². The summed E-state index contributed by atoms with van der Waals surface area (Å²) in [6.45, 7) is 3.10. The lowest BCUT2D eigenvalue weighted by molar-refractivity contribution is -0.0207. The molecule has 0 radical (unpaired) electrons. The minimum Gasteiger partial charge on any atom is -0.389 e. The van der Waals surface area contributed by atoms with Crippen LogP contribution in [-0.4, -0.2) is 56.6 Å². The highest BCUT2D eigenvalue weighted by Gasteiger charge is 2.43. The van der Waals surface area contributed by atoms with E-state index in [-0.39, 0.29) is 10.0 Å². The number of aromatic nitrogens is 2. The minimum absolute atomic E-state index is 0.248. The van der Waals surface area contributed by atoms with Crippen LogP contribution in [0.1, 0.15) is 12.6 Å². The second-order valence-electron chi connectivity index (χ2n) is 5.97. The Hall–Kier alpha value is -0.370. The van der Waals surface area contributed by atoms with Crippen LogP contribution in [0, 0.1) is 0 Å². The van der Waals surface area contributed by atoms with Gasteiger partial charge in [-0.2, -0.15) is 0 Å². The fourth-order valence-corrected chi connectivity index (χ4v) is 4.20. The van der Waals surface area contributed by atoms with Crippen molar-refractivity contribution in [3.63, 3.8) is 0 Å². The van der Waals surface area contributed by atoms with Gasteiger partial charge in [-0.1, -0.05) is 22.6 Å². The van der Waals surface area contributed by atoms with Crippen molar-refractivity contribution in [2.75, 3.05) is 19.5 Å². The van der Waals surface area contributed by atoms with Gasteiger partial charge in [0.05, 0.1) is 16.1 Å². The van der Waals surface area contributed by atoms with E-state index in [1.165, 1.54) is 16.8 Å². The largest absolute Gasteiger partial charge is 0.389 e. The van der Waals surface area contributed by atoms with Gasteiger partial charge in [0.2, 0.25) is 0 Å². The lowest BCUT2D eigenvalue weighted by Gasteiger charge is -2.19. The quantitative estimate of drug-likeness (QED) is 0.422. The highest BCUT2D eigenvalue weighted by atomic mass is 127.